The van der Waals surface area contributed by atoms with E-state index in [4.69, 9.17) is 5.11 Å². The molecule has 1 aliphatic rings. The summed E-state index contributed by atoms with van der Waals surface area (Å²) in [5.74, 6) is 1.05. The Balaban J connectivity index is 2.43. The molecule has 3 nitrogen and oxygen atoms in total. The monoisotopic (exact) mass is 185 g/mol. The molecule has 1 aliphatic heterocycles. The van der Waals surface area contributed by atoms with Gasteiger partial charge in [-0.1, -0.05) is 13.3 Å². The molecule has 13 heavy (non-hydrogen) atoms. The number of aliphatic hydroxyl groups excluding tert-OH is 1. The Kier molecular flexibility index (Phi) is 3.72. The van der Waals surface area contributed by atoms with Gasteiger partial charge in [0, 0.05) is 26.6 Å². The molecular weight excluding hydrogens is 166 g/mol. The summed E-state index contributed by atoms with van der Waals surface area (Å²) in [6, 6.07) is 0. The van der Waals surface area contributed by atoms with Gasteiger partial charge in [-0.2, -0.15) is 0 Å². The molecule has 1 amide bonds. The number of likely N-dealkylation sites (tertiary alicyclic amines) is 1. The van der Waals surface area contributed by atoms with Gasteiger partial charge >= 0.3 is 0 Å². The minimum atomic E-state index is 0.162. The van der Waals surface area contributed by atoms with E-state index in [1.54, 1.807) is 6.92 Å². The zero-order valence-electron chi connectivity index (χ0n) is 8.49. The van der Waals surface area contributed by atoms with Crippen molar-refractivity contribution in [1.82, 2.24) is 4.90 Å². The van der Waals surface area contributed by atoms with Crippen molar-refractivity contribution in [2.75, 3.05) is 19.7 Å². The lowest BCUT2D eigenvalue weighted by Crippen LogP contribution is -2.28. The Hall–Kier alpha value is -0.570. The standard InChI is InChI=1S/C10H19NO2/c1-3-9(7-12)10-4-5-11(6-10)8(2)13/h9-10,12H,3-7H2,1-2H3. The van der Waals surface area contributed by atoms with E-state index in [0.717, 1.165) is 25.9 Å². The number of carbonyl (C=O) groups is 1. The molecule has 3 heteroatoms. The van der Waals surface area contributed by atoms with Crippen molar-refractivity contribution in [3.63, 3.8) is 0 Å². The van der Waals surface area contributed by atoms with Gasteiger partial charge in [-0.05, 0) is 18.3 Å². The van der Waals surface area contributed by atoms with E-state index in [1.807, 2.05) is 4.90 Å². The van der Waals surface area contributed by atoms with Gasteiger partial charge in [-0.3, -0.25) is 4.79 Å². The molecule has 0 aromatic heterocycles. The van der Waals surface area contributed by atoms with Crippen LogP contribution in [-0.4, -0.2) is 35.6 Å². The minimum Gasteiger partial charge on any atom is -0.396 e. The number of hydrogen-bond acceptors (Lipinski definition) is 2. The molecule has 2 unspecified atom stereocenters. The van der Waals surface area contributed by atoms with Gasteiger partial charge in [-0.25, -0.2) is 0 Å². The highest BCUT2D eigenvalue weighted by Crippen LogP contribution is 2.25. The molecule has 1 fully saturated rings. The van der Waals surface area contributed by atoms with Gasteiger partial charge in [0.25, 0.3) is 0 Å². The molecule has 1 saturated heterocycles. The first-order chi connectivity index (χ1) is 6.19. The number of rotatable bonds is 3. The van der Waals surface area contributed by atoms with Crippen molar-refractivity contribution in [2.45, 2.75) is 26.7 Å². The van der Waals surface area contributed by atoms with E-state index in [-0.39, 0.29) is 12.5 Å². The van der Waals surface area contributed by atoms with Crippen LogP contribution < -0.4 is 0 Å². The van der Waals surface area contributed by atoms with Crippen molar-refractivity contribution < 1.29 is 9.90 Å². The summed E-state index contributed by atoms with van der Waals surface area (Å²) in [6.07, 6.45) is 2.06. The lowest BCUT2D eigenvalue weighted by Gasteiger charge is -2.20. The average Bonchev–Trinajstić information content (AvgIpc) is 2.56. The van der Waals surface area contributed by atoms with Crippen LogP contribution in [0.4, 0.5) is 0 Å². The fourth-order valence-corrected chi connectivity index (χ4v) is 2.07. The number of carbonyl (C=O) groups excluding carboxylic acids is 1. The van der Waals surface area contributed by atoms with Crippen LogP contribution in [0, 0.1) is 11.8 Å². The molecule has 0 aromatic carbocycles. The molecule has 0 bridgehead atoms. The molecule has 0 saturated carbocycles. The summed E-state index contributed by atoms with van der Waals surface area (Å²) in [5, 5.41) is 9.11. The van der Waals surface area contributed by atoms with Crippen LogP contribution in [0.3, 0.4) is 0 Å². The molecular formula is C10H19NO2. The first-order valence-electron chi connectivity index (χ1n) is 5.05. The Morgan fingerprint density at radius 3 is 2.77 bits per heavy atom. The van der Waals surface area contributed by atoms with Crippen LogP contribution in [0.25, 0.3) is 0 Å². The van der Waals surface area contributed by atoms with Crippen molar-refractivity contribution in [2.24, 2.45) is 11.8 Å². The molecule has 2 atom stereocenters. The summed E-state index contributed by atoms with van der Waals surface area (Å²) in [4.78, 5) is 12.9. The topological polar surface area (TPSA) is 40.5 Å². The summed E-state index contributed by atoms with van der Waals surface area (Å²) >= 11 is 0. The molecule has 0 spiro atoms. The third kappa shape index (κ3) is 2.44. The quantitative estimate of drug-likeness (QED) is 0.709. The van der Waals surface area contributed by atoms with Gasteiger partial charge in [0.1, 0.15) is 0 Å². The maximum Gasteiger partial charge on any atom is 0.219 e. The predicted molar refractivity (Wildman–Crippen MR) is 51.2 cm³/mol. The largest absolute Gasteiger partial charge is 0.396 e. The predicted octanol–water partition coefficient (Wildman–Crippen LogP) is 0.873. The van der Waals surface area contributed by atoms with Crippen LogP contribution >= 0.6 is 0 Å². The van der Waals surface area contributed by atoms with Gasteiger partial charge < -0.3 is 10.0 Å². The maximum absolute atomic E-state index is 11.1. The third-order valence-corrected chi connectivity index (χ3v) is 3.10. The third-order valence-electron chi connectivity index (χ3n) is 3.10. The van der Waals surface area contributed by atoms with Crippen molar-refractivity contribution >= 4 is 5.91 Å². The summed E-state index contributed by atoms with van der Waals surface area (Å²) < 4.78 is 0. The van der Waals surface area contributed by atoms with Crippen molar-refractivity contribution in [3.8, 4) is 0 Å². The van der Waals surface area contributed by atoms with Crippen LogP contribution in [-0.2, 0) is 4.79 Å². The fraction of sp³-hybridized carbons (Fsp3) is 0.900. The Labute approximate surface area is 79.7 Å². The molecule has 0 aliphatic carbocycles. The second kappa shape index (κ2) is 4.61. The Bertz CT molecular complexity index is 178. The van der Waals surface area contributed by atoms with E-state index in [0.29, 0.717) is 11.8 Å². The van der Waals surface area contributed by atoms with E-state index in [1.165, 1.54) is 0 Å². The zero-order valence-corrected chi connectivity index (χ0v) is 8.49. The lowest BCUT2D eigenvalue weighted by atomic mass is 9.90. The second-order valence-corrected chi connectivity index (χ2v) is 3.86. The van der Waals surface area contributed by atoms with Crippen LogP contribution in [0.1, 0.15) is 26.7 Å². The number of nitrogens with zero attached hydrogens (tertiary/aromatic N) is 1. The van der Waals surface area contributed by atoms with E-state index >= 15 is 0 Å². The second-order valence-electron chi connectivity index (χ2n) is 3.86. The summed E-state index contributed by atoms with van der Waals surface area (Å²) in [6.45, 7) is 5.68. The summed E-state index contributed by atoms with van der Waals surface area (Å²) in [5.41, 5.74) is 0. The number of amides is 1. The first kappa shape index (κ1) is 10.5. The molecule has 1 N–H and O–H groups in total. The van der Waals surface area contributed by atoms with Gasteiger partial charge in [-0.15, -0.1) is 0 Å². The van der Waals surface area contributed by atoms with E-state index in [2.05, 4.69) is 6.92 Å². The van der Waals surface area contributed by atoms with Gasteiger partial charge in [0.2, 0.25) is 5.91 Å². The van der Waals surface area contributed by atoms with Crippen molar-refractivity contribution in [1.29, 1.82) is 0 Å². The molecule has 0 aromatic rings. The van der Waals surface area contributed by atoms with Crippen LogP contribution in [0.5, 0.6) is 0 Å². The SMILES string of the molecule is CCC(CO)C1CCN(C(C)=O)C1. The normalized spacial score (nSPS) is 24.8. The Morgan fingerprint density at radius 2 is 2.38 bits per heavy atom. The summed E-state index contributed by atoms with van der Waals surface area (Å²) in [7, 11) is 0. The highest BCUT2D eigenvalue weighted by molar-refractivity contribution is 5.73. The van der Waals surface area contributed by atoms with Crippen molar-refractivity contribution in [3.05, 3.63) is 0 Å². The van der Waals surface area contributed by atoms with E-state index < -0.39 is 0 Å². The molecule has 1 heterocycles. The molecule has 0 radical (unpaired) electrons. The van der Waals surface area contributed by atoms with Crippen LogP contribution in [0.15, 0.2) is 0 Å². The maximum atomic E-state index is 11.1. The first-order valence-corrected chi connectivity index (χ1v) is 5.05. The highest BCUT2D eigenvalue weighted by Gasteiger charge is 2.29. The lowest BCUT2D eigenvalue weighted by molar-refractivity contribution is -0.128. The number of aliphatic hydroxyl groups is 1. The molecule has 76 valence electrons. The fourth-order valence-electron chi connectivity index (χ4n) is 2.07. The Morgan fingerprint density at radius 1 is 1.69 bits per heavy atom. The minimum absolute atomic E-state index is 0.162. The van der Waals surface area contributed by atoms with E-state index in [9.17, 15) is 4.79 Å². The van der Waals surface area contributed by atoms with Gasteiger partial charge in [0.05, 0.1) is 0 Å². The number of hydrogen-bond donors (Lipinski definition) is 1. The van der Waals surface area contributed by atoms with Gasteiger partial charge in [0.15, 0.2) is 0 Å². The average molecular weight is 185 g/mol. The van der Waals surface area contributed by atoms with Crippen LogP contribution in [0.2, 0.25) is 0 Å². The highest BCUT2D eigenvalue weighted by atomic mass is 16.3. The molecule has 1 rings (SSSR count). The zero-order chi connectivity index (χ0) is 9.84. The smallest absolute Gasteiger partial charge is 0.219 e.